The van der Waals surface area contributed by atoms with Crippen molar-refractivity contribution < 1.29 is 5.11 Å². The summed E-state index contributed by atoms with van der Waals surface area (Å²) in [6, 6.07) is 11.2. The van der Waals surface area contributed by atoms with Gasteiger partial charge in [0.15, 0.2) is 0 Å². The molecule has 0 bridgehead atoms. The quantitative estimate of drug-likeness (QED) is 0.829. The molecule has 1 aromatic heterocycles. The Hall–Kier alpha value is -1.65. The molecule has 4 nitrogen and oxygen atoms in total. The fourth-order valence-corrected chi connectivity index (χ4v) is 1.97. The average Bonchev–Trinajstić information content (AvgIpc) is 2.45. The zero-order chi connectivity index (χ0) is 14.5. The Morgan fingerprint density at radius 3 is 2.55 bits per heavy atom. The van der Waals surface area contributed by atoms with Gasteiger partial charge in [-0.2, -0.15) is 0 Å². The Kier molecular flexibility index (Phi) is 4.93. The first-order valence-corrected chi connectivity index (χ1v) is 6.95. The van der Waals surface area contributed by atoms with Gasteiger partial charge < -0.3 is 10.4 Å². The lowest BCUT2D eigenvalue weighted by molar-refractivity contribution is 0.191. The number of nitrogens with one attached hydrogen (secondary N) is 1. The Morgan fingerprint density at radius 1 is 1.20 bits per heavy atom. The van der Waals surface area contributed by atoms with Crippen molar-refractivity contribution in [3.8, 4) is 0 Å². The third-order valence-electron chi connectivity index (χ3n) is 2.89. The van der Waals surface area contributed by atoms with Gasteiger partial charge in [0.1, 0.15) is 16.8 Å². The van der Waals surface area contributed by atoms with E-state index in [9.17, 15) is 5.11 Å². The van der Waals surface area contributed by atoms with E-state index in [1.807, 2.05) is 44.2 Å². The molecule has 2 N–H and O–H groups in total. The molecule has 0 saturated heterocycles. The summed E-state index contributed by atoms with van der Waals surface area (Å²) in [6.45, 7) is 4.39. The van der Waals surface area contributed by atoms with Gasteiger partial charge in [0.25, 0.3) is 0 Å². The lowest BCUT2D eigenvalue weighted by Crippen LogP contribution is -2.14. The summed E-state index contributed by atoms with van der Waals surface area (Å²) in [5.41, 5.74) is 0.865. The van der Waals surface area contributed by atoms with Crippen LogP contribution < -0.4 is 5.32 Å². The molecule has 1 unspecified atom stereocenters. The monoisotopic (exact) mass is 291 g/mol. The van der Waals surface area contributed by atoms with Crippen LogP contribution in [0.4, 0.5) is 5.82 Å². The van der Waals surface area contributed by atoms with E-state index >= 15 is 0 Å². The molecule has 20 heavy (non-hydrogen) atoms. The van der Waals surface area contributed by atoms with Gasteiger partial charge in [-0.1, -0.05) is 55.8 Å². The highest BCUT2D eigenvalue weighted by Crippen LogP contribution is 2.18. The van der Waals surface area contributed by atoms with Crippen LogP contribution in [0.15, 0.2) is 36.4 Å². The highest BCUT2D eigenvalue weighted by atomic mass is 35.5. The molecule has 0 amide bonds. The second-order valence-corrected chi connectivity index (χ2v) is 5.28. The van der Waals surface area contributed by atoms with Crippen molar-refractivity contribution in [3.63, 3.8) is 0 Å². The summed E-state index contributed by atoms with van der Waals surface area (Å²) in [7, 11) is 0. The maximum Gasteiger partial charge on any atom is 0.135 e. The number of rotatable bonds is 5. The van der Waals surface area contributed by atoms with Gasteiger partial charge in [-0.05, 0) is 5.56 Å². The molecule has 2 aromatic rings. The van der Waals surface area contributed by atoms with E-state index in [1.165, 1.54) is 0 Å². The first-order valence-electron chi connectivity index (χ1n) is 6.57. The SMILES string of the molecule is CC(C)c1nc(Cl)cc(NCC(O)c2ccccc2)n1. The molecule has 0 fully saturated rings. The number of hydrogen-bond acceptors (Lipinski definition) is 4. The number of hydrogen-bond donors (Lipinski definition) is 2. The highest BCUT2D eigenvalue weighted by Gasteiger charge is 2.10. The smallest absolute Gasteiger partial charge is 0.135 e. The second kappa shape index (κ2) is 6.68. The van der Waals surface area contributed by atoms with Crippen molar-refractivity contribution in [3.05, 3.63) is 52.9 Å². The molecular formula is C15H18ClN3O. The van der Waals surface area contributed by atoms with Gasteiger partial charge in [-0.3, -0.25) is 0 Å². The van der Waals surface area contributed by atoms with E-state index in [4.69, 9.17) is 11.6 Å². The molecule has 0 saturated carbocycles. The van der Waals surface area contributed by atoms with Crippen molar-refractivity contribution in [2.45, 2.75) is 25.9 Å². The van der Waals surface area contributed by atoms with Gasteiger partial charge in [-0.25, -0.2) is 9.97 Å². The normalized spacial score (nSPS) is 12.4. The van der Waals surface area contributed by atoms with Crippen LogP contribution in [0.5, 0.6) is 0 Å². The van der Waals surface area contributed by atoms with E-state index in [2.05, 4.69) is 15.3 Å². The molecule has 1 heterocycles. The Bertz CT molecular complexity index is 560. The van der Waals surface area contributed by atoms with Crippen molar-refractivity contribution in [2.24, 2.45) is 0 Å². The van der Waals surface area contributed by atoms with Crippen LogP contribution in [-0.2, 0) is 0 Å². The Labute approximate surface area is 123 Å². The number of benzene rings is 1. The number of aliphatic hydroxyl groups excluding tert-OH is 1. The van der Waals surface area contributed by atoms with Gasteiger partial charge in [0.05, 0.1) is 6.10 Å². The van der Waals surface area contributed by atoms with E-state index in [0.29, 0.717) is 23.3 Å². The van der Waals surface area contributed by atoms with Gasteiger partial charge >= 0.3 is 0 Å². The van der Waals surface area contributed by atoms with Crippen LogP contribution in [0.2, 0.25) is 5.15 Å². The molecule has 0 spiro atoms. The third-order valence-corrected chi connectivity index (χ3v) is 3.08. The number of nitrogens with zero attached hydrogens (tertiary/aromatic N) is 2. The van der Waals surface area contributed by atoms with E-state index in [-0.39, 0.29) is 5.92 Å². The Morgan fingerprint density at radius 2 is 1.90 bits per heavy atom. The van der Waals surface area contributed by atoms with Gasteiger partial charge in [0, 0.05) is 18.5 Å². The maximum atomic E-state index is 10.1. The first-order chi connectivity index (χ1) is 9.56. The summed E-state index contributed by atoms with van der Waals surface area (Å²) >= 11 is 5.97. The van der Waals surface area contributed by atoms with Crippen LogP contribution in [0.25, 0.3) is 0 Å². The topological polar surface area (TPSA) is 58.0 Å². The molecule has 0 aliphatic rings. The summed E-state index contributed by atoms with van der Waals surface area (Å²) < 4.78 is 0. The van der Waals surface area contributed by atoms with Crippen LogP contribution in [-0.4, -0.2) is 21.6 Å². The lowest BCUT2D eigenvalue weighted by Gasteiger charge is -2.14. The fourth-order valence-electron chi connectivity index (χ4n) is 1.78. The Balaban J connectivity index is 2.04. The van der Waals surface area contributed by atoms with Gasteiger partial charge in [-0.15, -0.1) is 0 Å². The van der Waals surface area contributed by atoms with Crippen LogP contribution in [0, 0.1) is 0 Å². The van der Waals surface area contributed by atoms with E-state index in [1.54, 1.807) is 6.07 Å². The average molecular weight is 292 g/mol. The highest BCUT2D eigenvalue weighted by molar-refractivity contribution is 6.29. The number of aliphatic hydroxyl groups is 1. The van der Waals surface area contributed by atoms with Crippen molar-refractivity contribution >= 4 is 17.4 Å². The number of anilines is 1. The zero-order valence-corrected chi connectivity index (χ0v) is 12.3. The maximum absolute atomic E-state index is 10.1. The summed E-state index contributed by atoms with van der Waals surface area (Å²) in [4.78, 5) is 8.55. The number of halogens is 1. The predicted molar refractivity (Wildman–Crippen MR) is 81.0 cm³/mol. The number of aromatic nitrogens is 2. The van der Waals surface area contributed by atoms with Crippen molar-refractivity contribution in [1.82, 2.24) is 9.97 Å². The van der Waals surface area contributed by atoms with Crippen LogP contribution in [0.3, 0.4) is 0 Å². The molecule has 5 heteroatoms. The molecule has 0 aliphatic carbocycles. The molecule has 1 atom stereocenters. The summed E-state index contributed by atoms with van der Waals surface area (Å²) in [5.74, 6) is 1.52. The minimum absolute atomic E-state index is 0.202. The van der Waals surface area contributed by atoms with E-state index in [0.717, 1.165) is 5.56 Å². The summed E-state index contributed by atoms with van der Waals surface area (Å²) in [6.07, 6.45) is -0.590. The zero-order valence-electron chi connectivity index (χ0n) is 11.5. The van der Waals surface area contributed by atoms with E-state index < -0.39 is 6.10 Å². The van der Waals surface area contributed by atoms with Crippen molar-refractivity contribution in [2.75, 3.05) is 11.9 Å². The molecule has 106 valence electrons. The fraction of sp³-hybridized carbons (Fsp3) is 0.333. The molecule has 2 rings (SSSR count). The molecule has 1 aromatic carbocycles. The molecular weight excluding hydrogens is 274 g/mol. The van der Waals surface area contributed by atoms with Crippen LogP contribution >= 0.6 is 11.6 Å². The minimum atomic E-state index is -0.590. The third kappa shape index (κ3) is 3.92. The van der Waals surface area contributed by atoms with Crippen molar-refractivity contribution in [1.29, 1.82) is 0 Å². The predicted octanol–water partition coefficient (Wildman–Crippen LogP) is 3.40. The molecule has 0 aliphatic heterocycles. The minimum Gasteiger partial charge on any atom is -0.387 e. The standard InChI is InChI=1S/C15H18ClN3O/c1-10(2)15-18-13(16)8-14(19-15)17-9-12(20)11-6-4-3-5-7-11/h3-8,10,12,20H,9H2,1-2H3,(H,17,18,19). The second-order valence-electron chi connectivity index (χ2n) is 4.90. The first kappa shape index (κ1) is 14.8. The lowest BCUT2D eigenvalue weighted by atomic mass is 10.1. The largest absolute Gasteiger partial charge is 0.387 e. The molecule has 0 radical (unpaired) electrons. The summed E-state index contributed by atoms with van der Waals surface area (Å²) in [5, 5.41) is 13.6. The van der Waals surface area contributed by atoms with Crippen LogP contribution in [0.1, 0.15) is 37.3 Å². The van der Waals surface area contributed by atoms with Gasteiger partial charge in [0.2, 0.25) is 0 Å².